The third-order valence-electron chi connectivity index (χ3n) is 4.58. The van der Waals surface area contributed by atoms with Crippen LogP contribution in [-0.2, 0) is 0 Å². The molecule has 0 saturated heterocycles. The highest BCUT2D eigenvalue weighted by molar-refractivity contribution is 6.31. The van der Waals surface area contributed by atoms with Crippen LogP contribution in [0.15, 0.2) is 18.2 Å². The molecule has 2 nitrogen and oxygen atoms in total. The summed E-state index contributed by atoms with van der Waals surface area (Å²) in [4.78, 5) is 4.86. The van der Waals surface area contributed by atoms with E-state index in [4.69, 9.17) is 22.3 Å². The molecular formula is C15H15ClN2. The molecule has 0 aliphatic heterocycles. The molecule has 0 spiro atoms. The van der Waals surface area contributed by atoms with Gasteiger partial charge in [0.05, 0.1) is 5.52 Å². The van der Waals surface area contributed by atoms with E-state index in [-0.39, 0.29) is 0 Å². The zero-order valence-electron chi connectivity index (χ0n) is 10.1. The van der Waals surface area contributed by atoms with Gasteiger partial charge in [-0.15, -0.1) is 0 Å². The quantitative estimate of drug-likeness (QED) is 0.768. The molecule has 1 fully saturated rings. The molecule has 1 saturated carbocycles. The van der Waals surface area contributed by atoms with Crippen LogP contribution in [0, 0.1) is 0 Å². The maximum absolute atomic E-state index is 6.39. The molecular weight excluding hydrogens is 244 g/mol. The minimum Gasteiger partial charge on any atom is -0.398 e. The minimum atomic E-state index is 0.621. The van der Waals surface area contributed by atoms with Crippen LogP contribution >= 0.6 is 11.6 Å². The second kappa shape index (κ2) is 3.61. The van der Waals surface area contributed by atoms with Gasteiger partial charge in [-0.25, -0.2) is 0 Å². The summed E-state index contributed by atoms with van der Waals surface area (Å²) < 4.78 is 0. The fraction of sp³-hybridized carbons (Fsp3) is 0.400. The number of nitrogen functional groups attached to an aromatic ring is 1. The number of aromatic nitrogens is 1. The molecule has 18 heavy (non-hydrogen) atoms. The van der Waals surface area contributed by atoms with E-state index in [0.717, 1.165) is 21.6 Å². The molecule has 0 radical (unpaired) electrons. The summed E-state index contributed by atoms with van der Waals surface area (Å²) in [5, 5.41) is 1.79. The number of hydrogen-bond donors (Lipinski definition) is 1. The topological polar surface area (TPSA) is 38.9 Å². The molecule has 0 unspecified atom stereocenters. The first-order chi connectivity index (χ1) is 8.74. The van der Waals surface area contributed by atoms with Gasteiger partial charge in [0.15, 0.2) is 0 Å². The molecule has 2 N–H and O–H groups in total. The third-order valence-corrected chi connectivity index (χ3v) is 4.81. The van der Waals surface area contributed by atoms with E-state index in [1.807, 2.05) is 18.2 Å². The maximum Gasteiger partial charge on any atom is 0.0741 e. The van der Waals surface area contributed by atoms with Gasteiger partial charge >= 0.3 is 0 Å². The molecule has 0 amide bonds. The molecule has 3 heteroatoms. The van der Waals surface area contributed by atoms with Crippen molar-refractivity contribution in [2.75, 3.05) is 5.73 Å². The van der Waals surface area contributed by atoms with E-state index < -0.39 is 0 Å². The summed E-state index contributed by atoms with van der Waals surface area (Å²) in [5.74, 6) is 1.26. The fourth-order valence-corrected chi connectivity index (χ4v) is 3.86. The van der Waals surface area contributed by atoms with Crippen LogP contribution in [0.4, 0.5) is 5.69 Å². The molecule has 2 aromatic rings. The number of fused-ring (bicyclic) bond motifs is 3. The summed E-state index contributed by atoms with van der Waals surface area (Å²) in [6, 6.07) is 5.83. The van der Waals surface area contributed by atoms with E-state index in [1.165, 1.54) is 36.9 Å². The van der Waals surface area contributed by atoms with E-state index in [0.29, 0.717) is 11.8 Å². The number of nitrogens with two attached hydrogens (primary N) is 1. The first kappa shape index (κ1) is 10.6. The van der Waals surface area contributed by atoms with Crippen molar-refractivity contribution < 1.29 is 0 Å². The highest BCUT2D eigenvalue weighted by Crippen LogP contribution is 2.51. The van der Waals surface area contributed by atoms with E-state index in [1.54, 1.807) is 0 Å². The Labute approximate surface area is 111 Å². The van der Waals surface area contributed by atoms with Crippen molar-refractivity contribution in [1.29, 1.82) is 0 Å². The van der Waals surface area contributed by atoms with Crippen LogP contribution < -0.4 is 5.73 Å². The Morgan fingerprint density at radius 2 is 1.83 bits per heavy atom. The van der Waals surface area contributed by atoms with Gasteiger partial charge in [0.2, 0.25) is 0 Å². The van der Waals surface area contributed by atoms with Crippen LogP contribution in [0.25, 0.3) is 10.9 Å². The lowest BCUT2D eigenvalue weighted by molar-refractivity contribution is 0.353. The van der Waals surface area contributed by atoms with Gasteiger partial charge in [-0.2, -0.15) is 0 Å². The van der Waals surface area contributed by atoms with Crippen molar-refractivity contribution in [1.82, 2.24) is 4.98 Å². The van der Waals surface area contributed by atoms with Crippen molar-refractivity contribution >= 4 is 28.2 Å². The lowest BCUT2D eigenvalue weighted by atomic mass is 9.68. The highest BCUT2D eigenvalue weighted by atomic mass is 35.5. The highest BCUT2D eigenvalue weighted by Gasteiger charge is 2.36. The van der Waals surface area contributed by atoms with Crippen molar-refractivity contribution in [3.05, 3.63) is 34.5 Å². The Kier molecular flexibility index (Phi) is 2.13. The van der Waals surface area contributed by atoms with Crippen molar-refractivity contribution in [3.8, 4) is 0 Å². The predicted octanol–water partition coefficient (Wildman–Crippen LogP) is 4.23. The van der Waals surface area contributed by atoms with Crippen LogP contribution in [0.1, 0.15) is 48.8 Å². The van der Waals surface area contributed by atoms with Gasteiger partial charge in [0.1, 0.15) is 0 Å². The monoisotopic (exact) mass is 258 g/mol. The van der Waals surface area contributed by atoms with Crippen LogP contribution in [0.5, 0.6) is 0 Å². The van der Waals surface area contributed by atoms with Gasteiger partial charge in [-0.1, -0.05) is 11.6 Å². The van der Waals surface area contributed by atoms with E-state index >= 15 is 0 Å². The average Bonchev–Trinajstić information content (AvgIpc) is 2.39. The maximum atomic E-state index is 6.39. The molecule has 3 aliphatic rings. The summed E-state index contributed by atoms with van der Waals surface area (Å²) in [7, 11) is 0. The van der Waals surface area contributed by atoms with Gasteiger partial charge < -0.3 is 5.73 Å². The number of nitrogens with zero attached hydrogens (tertiary/aromatic N) is 1. The SMILES string of the molecule is Nc1c2c(nc3cc(Cl)ccc13)C1CCC2CC1. The molecule has 1 aromatic heterocycles. The van der Waals surface area contributed by atoms with Gasteiger partial charge in [-0.3, -0.25) is 4.98 Å². The number of anilines is 1. The van der Waals surface area contributed by atoms with Crippen molar-refractivity contribution in [3.63, 3.8) is 0 Å². The van der Waals surface area contributed by atoms with Gasteiger partial charge in [0, 0.05) is 33.3 Å². The normalized spacial score (nSPS) is 25.4. The van der Waals surface area contributed by atoms with Crippen molar-refractivity contribution in [2.45, 2.75) is 37.5 Å². The molecule has 5 rings (SSSR count). The van der Waals surface area contributed by atoms with Gasteiger partial charge in [0.25, 0.3) is 0 Å². The Balaban J connectivity index is 2.08. The average molecular weight is 259 g/mol. The van der Waals surface area contributed by atoms with Crippen LogP contribution in [0.3, 0.4) is 0 Å². The Bertz CT molecular complexity index is 642. The first-order valence-corrected chi connectivity index (χ1v) is 7.00. The third kappa shape index (κ3) is 1.33. The molecule has 1 aromatic carbocycles. The Morgan fingerprint density at radius 1 is 1.11 bits per heavy atom. The molecule has 0 atom stereocenters. The molecule has 1 heterocycles. The van der Waals surface area contributed by atoms with Crippen LogP contribution in [0.2, 0.25) is 5.02 Å². The van der Waals surface area contributed by atoms with E-state index in [2.05, 4.69) is 0 Å². The summed E-state index contributed by atoms with van der Waals surface area (Å²) in [6.45, 7) is 0. The van der Waals surface area contributed by atoms with Gasteiger partial charge in [-0.05, 0) is 49.8 Å². The number of pyridine rings is 1. The Morgan fingerprint density at radius 3 is 2.61 bits per heavy atom. The summed E-state index contributed by atoms with van der Waals surface area (Å²) >= 11 is 6.05. The number of halogens is 1. The standard InChI is InChI=1S/C15H15ClN2/c16-10-5-6-11-12(7-10)18-15-9-3-1-8(2-4-9)13(15)14(11)17/h5-9H,1-4H2,(H2,17,18). The number of rotatable bonds is 0. The zero-order chi connectivity index (χ0) is 12.3. The lowest BCUT2D eigenvalue weighted by Gasteiger charge is -2.38. The number of benzene rings is 1. The fourth-order valence-electron chi connectivity index (χ4n) is 3.69. The van der Waals surface area contributed by atoms with Crippen molar-refractivity contribution in [2.24, 2.45) is 0 Å². The van der Waals surface area contributed by atoms with Crippen LogP contribution in [-0.4, -0.2) is 4.98 Å². The zero-order valence-corrected chi connectivity index (χ0v) is 10.9. The largest absolute Gasteiger partial charge is 0.398 e. The van der Waals surface area contributed by atoms with E-state index in [9.17, 15) is 0 Å². The molecule has 2 bridgehead atoms. The summed E-state index contributed by atoms with van der Waals surface area (Å²) in [5.41, 5.74) is 10.9. The Hall–Kier alpha value is -1.28. The number of hydrogen-bond acceptors (Lipinski definition) is 2. The lowest BCUT2D eigenvalue weighted by Crippen LogP contribution is -2.24. The second-order valence-electron chi connectivity index (χ2n) is 5.53. The smallest absolute Gasteiger partial charge is 0.0741 e. The molecule has 3 aliphatic carbocycles. The summed E-state index contributed by atoms with van der Waals surface area (Å²) in [6.07, 6.45) is 5.11. The minimum absolute atomic E-state index is 0.621. The second-order valence-corrected chi connectivity index (χ2v) is 5.97. The first-order valence-electron chi connectivity index (χ1n) is 6.62. The molecule has 92 valence electrons. The predicted molar refractivity (Wildman–Crippen MR) is 75.1 cm³/mol.